The van der Waals surface area contributed by atoms with Crippen LogP contribution in [0.2, 0.25) is 0 Å². The van der Waals surface area contributed by atoms with E-state index in [1.54, 1.807) is 12.1 Å². The minimum Gasteiger partial charge on any atom is -0.494 e. The second kappa shape index (κ2) is 4.24. The summed E-state index contributed by atoms with van der Waals surface area (Å²) >= 11 is 0. The molecular weight excluding hydrogens is 235 g/mol. The first kappa shape index (κ1) is 11.5. The molecule has 0 spiro atoms. The Kier molecular flexibility index (Phi) is 2.70. The van der Waals surface area contributed by atoms with E-state index < -0.39 is 5.82 Å². The predicted octanol–water partition coefficient (Wildman–Crippen LogP) is 1.43. The maximum Gasteiger partial charge on any atom is 0.238 e. The molecule has 4 nitrogen and oxygen atoms in total. The Morgan fingerprint density at radius 2 is 2.22 bits per heavy atom. The highest BCUT2D eigenvalue weighted by Crippen LogP contribution is 2.36. The van der Waals surface area contributed by atoms with Gasteiger partial charge in [0.1, 0.15) is 6.17 Å². The molecule has 1 N–H and O–H groups in total. The average molecular weight is 250 g/mol. The lowest BCUT2D eigenvalue weighted by Gasteiger charge is -2.24. The van der Waals surface area contributed by atoms with E-state index in [2.05, 4.69) is 5.32 Å². The molecule has 96 valence electrons. The Labute approximate surface area is 105 Å². The molecule has 1 aliphatic heterocycles. The molecule has 1 saturated carbocycles. The van der Waals surface area contributed by atoms with Crippen molar-refractivity contribution in [3.05, 3.63) is 29.6 Å². The Balaban J connectivity index is 1.89. The van der Waals surface area contributed by atoms with Crippen molar-refractivity contribution in [2.75, 3.05) is 13.7 Å². The molecule has 1 saturated heterocycles. The average Bonchev–Trinajstić information content (AvgIpc) is 3.12. The van der Waals surface area contributed by atoms with Gasteiger partial charge in [0.25, 0.3) is 0 Å². The number of ether oxygens (including phenoxy) is 1. The number of nitrogens with one attached hydrogen (secondary N) is 1. The Hall–Kier alpha value is -1.62. The van der Waals surface area contributed by atoms with E-state index in [1.807, 2.05) is 4.90 Å². The number of nitrogens with zero attached hydrogens (tertiary/aromatic N) is 1. The summed E-state index contributed by atoms with van der Waals surface area (Å²) in [4.78, 5) is 13.6. The molecule has 2 fully saturated rings. The third kappa shape index (κ3) is 1.84. The topological polar surface area (TPSA) is 41.6 Å². The fourth-order valence-corrected chi connectivity index (χ4v) is 2.42. The lowest BCUT2D eigenvalue weighted by molar-refractivity contribution is -0.128. The zero-order valence-corrected chi connectivity index (χ0v) is 10.1. The lowest BCUT2D eigenvalue weighted by Crippen LogP contribution is -2.32. The van der Waals surface area contributed by atoms with Gasteiger partial charge < -0.3 is 9.64 Å². The highest BCUT2D eigenvalue weighted by atomic mass is 19.1. The molecular formula is C13H15FN2O2. The molecule has 1 aromatic rings. The third-order valence-electron chi connectivity index (χ3n) is 3.44. The van der Waals surface area contributed by atoms with Crippen LogP contribution in [0.15, 0.2) is 18.2 Å². The van der Waals surface area contributed by atoms with E-state index in [4.69, 9.17) is 4.74 Å². The zero-order chi connectivity index (χ0) is 12.7. The largest absolute Gasteiger partial charge is 0.494 e. The molecule has 1 aliphatic carbocycles. The first-order valence-corrected chi connectivity index (χ1v) is 6.08. The first-order chi connectivity index (χ1) is 8.70. The van der Waals surface area contributed by atoms with Crippen LogP contribution in [0.25, 0.3) is 0 Å². The summed E-state index contributed by atoms with van der Waals surface area (Å²) in [6, 6.07) is 5.15. The summed E-state index contributed by atoms with van der Waals surface area (Å²) in [7, 11) is 1.44. The molecule has 0 aromatic heterocycles. The van der Waals surface area contributed by atoms with E-state index >= 15 is 0 Å². The van der Waals surface area contributed by atoms with Crippen LogP contribution in [-0.2, 0) is 4.79 Å². The number of rotatable bonds is 3. The number of halogens is 1. The number of hydrogen-bond acceptors (Lipinski definition) is 3. The van der Waals surface area contributed by atoms with Gasteiger partial charge in [-0.25, -0.2) is 4.39 Å². The first-order valence-electron chi connectivity index (χ1n) is 6.08. The van der Waals surface area contributed by atoms with Crippen molar-refractivity contribution in [3.8, 4) is 5.75 Å². The molecule has 5 heteroatoms. The van der Waals surface area contributed by atoms with Crippen LogP contribution in [0, 0.1) is 5.82 Å². The third-order valence-corrected chi connectivity index (χ3v) is 3.44. The van der Waals surface area contributed by atoms with Gasteiger partial charge in [-0.1, -0.05) is 6.07 Å². The summed E-state index contributed by atoms with van der Waals surface area (Å²) < 4.78 is 18.6. The van der Waals surface area contributed by atoms with Crippen molar-refractivity contribution in [1.29, 1.82) is 0 Å². The fourth-order valence-electron chi connectivity index (χ4n) is 2.42. The normalized spacial score (nSPS) is 23.6. The van der Waals surface area contributed by atoms with Crippen molar-refractivity contribution in [2.24, 2.45) is 0 Å². The molecule has 1 heterocycles. The van der Waals surface area contributed by atoms with Gasteiger partial charge in [-0.05, 0) is 30.5 Å². The van der Waals surface area contributed by atoms with Crippen LogP contribution >= 0.6 is 0 Å². The molecule has 1 unspecified atom stereocenters. The highest BCUT2D eigenvalue weighted by molar-refractivity contribution is 5.81. The van der Waals surface area contributed by atoms with E-state index in [9.17, 15) is 9.18 Å². The maximum atomic E-state index is 13.7. The molecule has 0 bridgehead atoms. The predicted molar refractivity (Wildman–Crippen MR) is 63.6 cm³/mol. The Bertz CT molecular complexity index is 488. The number of carbonyl (C=O) groups is 1. The SMILES string of the molecule is COc1ccc(C2NCC(=O)N2C2CC2)cc1F. The maximum absolute atomic E-state index is 13.7. The standard InChI is InChI=1S/C13H15FN2O2/c1-18-11-5-2-8(6-10(11)14)13-15-7-12(17)16(13)9-3-4-9/h2,5-6,9,13,15H,3-4,7H2,1H3. The van der Waals surface area contributed by atoms with Gasteiger partial charge in [-0.15, -0.1) is 0 Å². The van der Waals surface area contributed by atoms with Crippen LogP contribution in [-0.4, -0.2) is 30.5 Å². The lowest BCUT2D eigenvalue weighted by atomic mass is 10.1. The highest BCUT2D eigenvalue weighted by Gasteiger charge is 2.41. The zero-order valence-electron chi connectivity index (χ0n) is 10.1. The van der Waals surface area contributed by atoms with Crippen LogP contribution in [0.3, 0.4) is 0 Å². The van der Waals surface area contributed by atoms with Gasteiger partial charge in [0, 0.05) is 6.04 Å². The molecule has 2 aliphatic rings. The van der Waals surface area contributed by atoms with Crippen molar-refractivity contribution < 1.29 is 13.9 Å². The molecule has 1 aromatic carbocycles. The number of hydrogen-bond donors (Lipinski definition) is 1. The summed E-state index contributed by atoms with van der Waals surface area (Å²) in [5, 5.41) is 3.13. The molecule has 0 radical (unpaired) electrons. The van der Waals surface area contributed by atoms with Crippen molar-refractivity contribution in [2.45, 2.75) is 25.0 Å². The number of carbonyl (C=O) groups excluding carboxylic acids is 1. The van der Waals surface area contributed by atoms with Crippen molar-refractivity contribution >= 4 is 5.91 Å². The van der Waals surface area contributed by atoms with Gasteiger partial charge in [-0.3, -0.25) is 10.1 Å². The Morgan fingerprint density at radius 3 is 2.83 bits per heavy atom. The number of methoxy groups -OCH3 is 1. The Morgan fingerprint density at radius 1 is 1.44 bits per heavy atom. The smallest absolute Gasteiger partial charge is 0.238 e. The second-order valence-corrected chi connectivity index (χ2v) is 4.71. The monoisotopic (exact) mass is 250 g/mol. The van der Waals surface area contributed by atoms with Crippen LogP contribution < -0.4 is 10.1 Å². The molecule has 3 rings (SSSR count). The van der Waals surface area contributed by atoms with Gasteiger partial charge in [0.15, 0.2) is 11.6 Å². The van der Waals surface area contributed by atoms with Crippen molar-refractivity contribution in [3.63, 3.8) is 0 Å². The second-order valence-electron chi connectivity index (χ2n) is 4.71. The molecule has 18 heavy (non-hydrogen) atoms. The summed E-state index contributed by atoms with van der Waals surface area (Å²) in [5.74, 6) is -0.0772. The molecule has 1 atom stereocenters. The fraction of sp³-hybridized carbons (Fsp3) is 0.462. The van der Waals surface area contributed by atoms with Crippen LogP contribution in [0.1, 0.15) is 24.6 Å². The van der Waals surface area contributed by atoms with E-state index in [-0.39, 0.29) is 17.8 Å². The van der Waals surface area contributed by atoms with Gasteiger partial charge in [-0.2, -0.15) is 0 Å². The summed E-state index contributed by atoms with van der Waals surface area (Å²) in [6.07, 6.45) is 1.89. The van der Waals surface area contributed by atoms with Gasteiger partial charge in [0.05, 0.1) is 13.7 Å². The number of amides is 1. The van der Waals surface area contributed by atoms with E-state index in [1.165, 1.54) is 13.2 Å². The van der Waals surface area contributed by atoms with Gasteiger partial charge >= 0.3 is 0 Å². The van der Waals surface area contributed by atoms with E-state index in [0.29, 0.717) is 12.6 Å². The van der Waals surface area contributed by atoms with E-state index in [0.717, 1.165) is 18.4 Å². The summed E-state index contributed by atoms with van der Waals surface area (Å²) in [6.45, 7) is 0.328. The van der Waals surface area contributed by atoms with Crippen LogP contribution in [0.4, 0.5) is 4.39 Å². The van der Waals surface area contributed by atoms with Crippen molar-refractivity contribution in [1.82, 2.24) is 10.2 Å². The minimum absolute atomic E-state index is 0.0960. The van der Waals surface area contributed by atoms with Crippen LogP contribution in [0.5, 0.6) is 5.75 Å². The quantitative estimate of drug-likeness (QED) is 0.882. The molecule has 1 amide bonds. The van der Waals surface area contributed by atoms with Gasteiger partial charge in [0.2, 0.25) is 5.91 Å². The summed E-state index contributed by atoms with van der Waals surface area (Å²) in [5.41, 5.74) is 0.769. The minimum atomic E-state index is -0.396. The number of benzene rings is 1.